The summed E-state index contributed by atoms with van der Waals surface area (Å²) in [7, 11) is 0. The lowest BCUT2D eigenvalue weighted by molar-refractivity contribution is -0.384. The number of carbonyl (C=O) groups is 2. The molecule has 9 nitrogen and oxygen atoms in total. The van der Waals surface area contributed by atoms with Gasteiger partial charge in [0, 0.05) is 39.5 Å². The minimum Gasteiger partial charge on any atom is -0.272 e. The van der Waals surface area contributed by atoms with Crippen molar-refractivity contribution in [2.24, 2.45) is 22.0 Å². The Hall–Kier alpha value is -4.08. The minimum absolute atomic E-state index is 0.142. The van der Waals surface area contributed by atoms with Crippen molar-refractivity contribution >= 4 is 63.5 Å². The van der Waals surface area contributed by atoms with Gasteiger partial charge in [0.05, 0.1) is 28.1 Å². The Morgan fingerprint density at radius 3 is 1.66 bits per heavy atom. The van der Waals surface area contributed by atoms with Gasteiger partial charge in [0.25, 0.3) is 17.5 Å². The van der Waals surface area contributed by atoms with Gasteiger partial charge in [-0.05, 0) is 67.9 Å². The molecule has 2 heterocycles. The molecule has 38 heavy (non-hydrogen) atoms. The largest absolute Gasteiger partial charge is 0.272 e. The van der Waals surface area contributed by atoms with Gasteiger partial charge in [-0.25, -0.2) is 10.0 Å². The molecule has 2 aliphatic rings. The van der Waals surface area contributed by atoms with E-state index >= 15 is 0 Å². The van der Waals surface area contributed by atoms with E-state index in [0.29, 0.717) is 38.4 Å². The SMILES string of the molecule is CC1=NN(c2ccc(Cl)cc2)C(=O)C1C(c1cccc([N+](=O)[O-])c1)C1C(=O)N(c2ccc(Cl)cc2)N=C1C. The number of hydrazone groups is 2. The first-order chi connectivity index (χ1) is 18.2. The van der Waals surface area contributed by atoms with Crippen LogP contribution in [0.25, 0.3) is 0 Å². The molecule has 0 fully saturated rings. The van der Waals surface area contributed by atoms with Crippen LogP contribution in [0.1, 0.15) is 25.3 Å². The van der Waals surface area contributed by atoms with E-state index in [2.05, 4.69) is 10.2 Å². The van der Waals surface area contributed by atoms with Gasteiger partial charge in [-0.15, -0.1) is 0 Å². The molecular weight excluding hydrogens is 529 g/mol. The van der Waals surface area contributed by atoms with E-state index < -0.39 is 22.7 Å². The van der Waals surface area contributed by atoms with Gasteiger partial charge in [-0.3, -0.25) is 19.7 Å². The molecule has 3 aromatic rings. The predicted molar refractivity (Wildman–Crippen MR) is 147 cm³/mol. The second-order valence-electron chi connectivity index (χ2n) is 9.07. The van der Waals surface area contributed by atoms with Gasteiger partial charge >= 0.3 is 0 Å². The third-order valence-electron chi connectivity index (χ3n) is 6.69. The highest BCUT2D eigenvalue weighted by atomic mass is 35.5. The van der Waals surface area contributed by atoms with Gasteiger partial charge in [0.1, 0.15) is 0 Å². The van der Waals surface area contributed by atoms with E-state index in [1.165, 1.54) is 22.2 Å². The molecule has 0 aromatic heterocycles. The summed E-state index contributed by atoms with van der Waals surface area (Å²) in [5.74, 6) is -3.23. The third kappa shape index (κ3) is 4.55. The maximum absolute atomic E-state index is 13.9. The third-order valence-corrected chi connectivity index (χ3v) is 7.20. The van der Waals surface area contributed by atoms with Crippen molar-refractivity contribution in [2.45, 2.75) is 19.8 Å². The van der Waals surface area contributed by atoms with Crippen LogP contribution in [-0.4, -0.2) is 28.2 Å². The Labute approximate surface area is 228 Å². The molecule has 2 amide bonds. The molecule has 0 saturated heterocycles. The van der Waals surface area contributed by atoms with Crippen molar-refractivity contribution < 1.29 is 14.5 Å². The monoisotopic (exact) mass is 549 g/mol. The average Bonchev–Trinajstić information content (AvgIpc) is 3.36. The highest BCUT2D eigenvalue weighted by Crippen LogP contribution is 2.43. The average molecular weight is 550 g/mol. The molecule has 2 unspecified atom stereocenters. The quantitative estimate of drug-likeness (QED) is 0.274. The van der Waals surface area contributed by atoms with E-state index in [4.69, 9.17) is 23.2 Å². The van der Waals surface area contributed by atoms with Crippen molar-refractivity contribution in [2.75, 3.05) is 10.0 Å². The van der Waals surface area contributed by atoms with Crippen molar-refractivity contribution in [3.8, 4) is 0 Å². The minimum atomic E-state index is -0.864. The van der Waals surface area contributed by atoms with E-state index in [1.54, 1.807) is 74.5 Å². The number of non-ortho nitro benzene ring substituents is 1. The van der Waals surface area contributed by atoms with Crippen molar-refractivity contribution in [1.82, 2.24) is 0 Å². The summed E-state index contributed by atoms with van der Waals surface area (Å²) in [5.41, 5.74) is 2.32. The van der Waals surface area contributed by atoms with Crippen LogP contribution in [-0.2, 0) is 9.59 Å². The number of nitro groups is 1. The number of benzene rings is 3. The fraction of sp³-hybridized carbons (Fsp3) is 0.185. The molecule has 5 rings (SSSR count). The summed E-state index contributed by atoms with van der Waals surface area (Å²) in [4.78, 5) is 38.8. The molecule has 2 atom stereocenters. The molecular formula is C27H21Cl2N5O4. The molecule has 3 aromatic carbocycles. The van der Waals surface area contributed by atoms with Crippen LogP contribution in [0.5, 0.6) is 0 Å². The summed E-state index contributed by atoms with van der Waals surface area (Å²) in [6, 6.07) is 19.3. The highest BCUT2D eigenvalue weighted by Gasteiger charge is 2.50. The number of carbonyl (C=O) groups excluding carboxylic acids is 2. The number of nitro benzene ring substituents is 1. The maximum Gasteiger partial charge on any atom is 0.269 e. The van der Waals surface area contributed by atoms with Gasteiger partial charge in [0.2, 0.25) is 0 Å². The van der Waals surface area contributed by atoms with Gasteiger partial charge in [0.15, 0.2) is 0 Å². The van der Waals surface area contributed by atoms with E-state index in [1.807, 2.05) is 0 Å². The van der Waals surface area contributed by atoms with Gasteiger partial charge < -0.3 is 0 Å². The maximum atomic E-state index is 13.9. The fourth-order valence-corrected chi connectivity index (χ4v) is 5.20. The molecule has 11 heteroatoms. The number of amides is 2. The summed E-state index contributed by atoms with van der Waals surface area (Å²) in [6.45, 7) is 3.43. The lowest BCUT2D eigenvalue weighted by Crippen LogP contribution is -2.40. The Balaban J connectivity index is 1.59. The summed E-state index contributed by atoms with van der Waals surface area (Å²) in [6.07, 6.45) is 0. The van der Waals surface area contributed by atoms with Crippen LogP contribution < -0.4 is 10.0 Å². The molecule has 192 valence electrons. The summed E-state index contributed by atoms with van der Waals surface area (Å²) < 4.78 is 0. The summed E-state index contributed by atoms with van der Waals surface area (Å²) in [5, 5.41) is 24.2. The van der Waals surface area contributed by atoms with Crippen LogP contribution >= 0.6 is 23.2 Å². The van der Waals surface area contributed by atoms with Gasteiger partial charge in [-0.2, -0.15) is 10.2 Å². The topological polar surface area (TPSA) is 108 Å². The number of halogens is 2. The Morgan fingerprint density at radius 1 is 0.789 bits per heavy atom. The second kappa shape index (κ2) is 10.00. The molecule has 0 radical (unpaired) electrons. The predicted octanol–water partition coefficient (Wildman–Crippen LogP) is 6.06. The fourth-order valence-electron chi connectivity index (χ4n) is 4.94. The zero-order valence-corrected chi connectivity index (χ0v) is 21.8. The molecule has 0 saturated carbocycles. The van der Waals surface area contributed by atoms with Crippen molar-refractivity contribution in [3.05, 3.63) is 98.5 Å². The second-order valence-corrected chi connectivity index (χ2v) is 9.94. The normalized spacial score (nSPS) is 20.0. The van der Waals surface area contributed by atoms with Crippen LogP contribution in [0.4, 0.5) is 17.1 Å². The number of hydrogen-bond donors (Lipinski definition) is 0. The molecule has 2 aliphatic heterocycles. The molecule has 0 aliphatic carbocycles. The zero-order chi connectivity index (χ0) is 27.1. The van der Waals surface area contributed by atoms with E-state index in [9.17, 15) is 19.7 Å². The molecule has 0 N–H and O–H groups in total. The highest BCUT2D eigenvalue weighted by molar-refractivity contribution is 6.31. The van der Waals surface area contributed by atoms with Crippen molar-refractivity contribution in [1.29, 1.82) is 0 Å². The Bertz CT molecular complexity index is 1420. The number of nitrogens with zero attached hydrogens (tertiary/aromatic N) is 5. The Kier molecular flexibility index (Phi) is 6.73. The number of rotatable bonds is 6. The lowest BCUT2D eigenvalue weighted by Gasteiger charge is -2.28. The number of anilines is 2. The first kappa shape index (κ1) is 25.6. The summed E-state index contributed by atoms with van der Waals surface area (Å²) >= 11 is 12.0. The molecule has 0 bridgehead atoms. The van der Waals surface area contributed by atoms with Crippen LogP contribution in [0.3, 0.4) is 0 Å². The van der Waals surface area contributed by atoms with Crippen molar-refractivity contribution in [3.63, 3.8) is 0 Å². The smallest absolute Gasteiger partial charge is 0.269 e. The first-order valence-corrected chi connectivity index (χ1v) is 12.4. The lowest BCUT2D eigenvalue weighted by atomic mass is 9.73. The van der Waals surface area contributed by atoms with Crippen LogP contribution in [0.15, 0.2) is 83.0 Å². The van der Waals surface area contributed by atoms with Gasteiger partial charge in [-0.1, -0.05) is 35.3 Å². The van der Waals surface area contributed by atoms with Crippen LogP contribution in [0, 0.1) is 22.0 Å². The van der Waals surface area contributed by atoms with Crippen LogP contribution in [0.2, 0.25) is 10.0 Å². The van der Waals surface area contributed by atoms with E-state index in [0.717, 1.165) is 0 Å². The van der Waals surface area contributed by atoms with E-state index in [-0.39, 0.29) is 17.5 Å². The zero-order valence-electron chi connectivity index (χ0n) is 20.3. The molecule has 0 spiro atoms. The Morgan fingerprint density at radius 2 is 1.24 bits per heavy atom. The standard InChI is InChI=1S/C27H21Cl2N5O4/c1-15-23(26(35)32(30-15)20-10-6-18(28)7-11-20)25(17-4-3-5-22(14-17)34(37)38)24-16(2)31-33(27(24)36)21-12-8-19(29)9-13-21/h3-14,23-25H,1-2H3. The first-order valence-electron chi connectivity index (χ1n) is 11.7. The number of hydrogen-bond acceptors (Lipinski definition) is 6.